The van der Waals surface area contributed by atoms with Gasteiger partial charge in [0.25, 0.3) is 0 Å². The first-order valence-electron chi connectivity index (χ1n) is 6.44. The van der Waals surface area contributed by atoms with E-state index in [9.17, 15) is 0 Å². The summed E-state index contributed by atoms with van der Waals surface area (Å²) in [6.07, 6.45) is 4.51. The summed E-state index contributed by atoms with van der Waals surface area (Å²) in [6, 6.07) is 9.61. The number of fused-ring (bicyclic) bond motifs is 1. The Labute approximate surface area is 397 Å². The van der Waals surface area contributed by atoms with Crippen LogP contribution in [0.2, 0.25) is 0 Å². The number of rotatable bonds is 2. The monoisotopic (exact) mass is 1170 g/mol. The van der Waals surface area contributed by atoms with E-state index in [0.29, 0.717) is 12.3 Å². The molecule has 35 heavy (non-hydrogen) atoms. The number of pyridine rings is 1. The van der Waals surface area contributed by atoms with Crippen molar-refractivity contribution in [2.45, 2.75) is 33.6 Å². The topological polar surface area (TPSA) is 12.9 Å². The summed E-state index contributed by atoms with van der Waals surface area (Å²) >= 11 is 0. The molecule has 1 aromatic heterocycles. The molecule has 2 aromatic rings. The first-order chi connectivity index (χ1) is 8.97. The molecule has 1 heterocycles. The number of benzene rings is 1. The van der Waals surface area contributed by atoms with E-state index in [1.807, 2.05) is 20.8 Å². The Morgan fingerprint density at radius 1 is 0.657 bits per heavy atom. The predicted octanol–water partition coefficient (Wildman–Crippen LogP) is 4.52. The number of hydrogen-bond acceptors (Lipinski definition) is 1. The van der Waals surface area contributed by atoms with Crippen molar-refractivity contribution in [1.29, 1.82) is 0 Å². The van der Waals surface area contributed by atoms with Gasteiger partial charge in [-0.2, -0.15) is 12.1 Å². The summed E-state index contributed by atoms with van der Waals surface area (Å²) < 4.78 is 0. The van der Waals surface area contributed by atoms with E-state index in [2.05, 4.69) is 50.2 Å². The van der Waals surface area contributed by atoms with Crippen molar-refractivity contribution in [3.63, 3.8) is 0 Å². The van der Waals surface area contributed by atoms with Crippen LogP contribution in [0.5, 0.6) is 0 Å². The normalized spacial score (nSPS) is 6.46. The van der Waals surface area contributed by atoms with Gasteiger partial charge < -0.3 is 67.7 Å². The Hall–Kier alpha value is 7.46. The maximum atomic E-state index is 4.10. The van der Waals surface area contributed by atoms with Crippen LogP contribution in [0.1, 0.15) is 30.2 Å². The van der Waals surface area contributed by atoms with Crippen molar-refractivity contribution >= 4 is 10.8 Å². The van der Waals surface area contributed by atoms with Crippen LogP contribution in [0.4, 0.5) is 0 Å². The van der Waals surface area contributed by atoms with Crippen LogP contribution >= 0.6 is 0 Å². The quantitative estimate of drug-likeness (QED) is 0.404. The molecule has 0 spiro atoms. The third-order valence-corrected chi connectivity index (χ3v) is 2.74. The summed E-state index contributed by atoms with van der Waals surface area (Å²) in [5.41, 5.74) is 3.01. The number of hydrogen-bond donors (Lipinski definition) is 0. The number of aromatic nitrogens is 1. The van der Waals surface area contributed by atoms with Gasteiger partial charge in [-0.25, -0.2) is 12.3 Å². The minimum atomic E-state index is 0. The van der Waals surface area contributed by atoms with E-state index < -0.39 is 0 Å². The van der Waals surface area contributed by atoms with Gasteiger partial charge in [-0.05, 0) is 0 Å². The van der Waals surface area contributed by atoms with Crippen molar-refractivity contribution in [1.82, 2.24) is 4.98 Å². The van der Waals surface area contributed by atoms with Crippen LogP contribution in [-0.4, -0.2) is 4.98 Å². The molecule has 1 nitrogen and oxygen atoms in total. The van der Waals surface area contributed by atoms with Crippen molar-refractivity contribution in [2.24, 2.45) is 5.92 Å². The van der Waals surface area contributed by atoms with E-state index in [-0.39, 0.29) is 287 Å². The van der Waals surface area contributed by atoms with E-state index in [0.717, 1.165) is 34.0 Å². The molecule has 1 aromatic carbocycles. The van der Waals surface area contributed by atoms with Gasteiger partial charge in [0.15, 0.2) is 0 Å². The van der Waals surface area contributed by atoms with Gasteiger partial charge in [0.05, 0.1) is 0 Å². The first-order valence-corrected chi connectivity index (χ1v) is 6.44. The fourth-order valence-electron chi connectivity index (χ4n) is 1.28. The van der Waals surface area contributed by atoms with E-state index >= 15 is 0 Å². The van der Waals surface area contributed by atoms with E-state index in [4.69, 9.17) is 0 Å². The molecule has 0 aliphatic heterocycles. The molecule has 0 amide bonds. The zero-order valence-corrected chi connectivity index (χ0v) is 41.6. The number of nitrogens with zero attached hydrogens (tertiary/aromatic N) is 1. The Kier molecular flexibility index (Phi) is 192. The molecule has 2 rings (SSSR count). The van der Waals surface area contributed by atoms with Gasteiger partial charge in [0.1, 0.15) is 0 Å². The summed E-state index contributed by atoms with van der Waals surface area (Å²) in [5, 5.41) is 1.76. The molecule has 0 fully saturated rings. The second-order valence-corrected chi connectivity index (χ2v) is 4.69. The standard InChI is InChI=1S/C13H10N.C5H10.CH3.Ir.14V/c1-4-13-7-11-5-9(2)10(3)6-12(11)8-14-13;1-4-5(2)3;;;;;;;;;;;;;;;;/h1,4H2,2-3H3;5H,1-2,4H2,3H3;1H3;;;;;;;;;;;;;;;/q-5;-2;-1;;;;;;;;;;;;;;;/t;5-;;;;;;;;;;;;;;;;/m.0................/s1. The largest absolute Gasteiger partial charge is 0.565 e. The minimum absolute atomic E-state index is 0. The molecule has 0 unspecified atom stereocenters. The van der Waals surface area contributed by atoms with Crippen molar-refractivity contribution < 1.29 is 280 Å². The fourth-order valence-corrected chi connectivity index (χ4v) is 1.28. The Morgan fingerprint density at radius 3 is 1.20 bits per heavy atom. The molecule has 0 saturated heterocycles. The summed E-state index contributed by atoms with van der Waals surface area (Å²) in [4.78, 5) is 4.10. The average Bonchev–Trinajstić information content (AvgIpc) is 2.40. The molecule has 0 bridgehead atoms. The van der Waals surface area contributed by atoms with Crippen LogP contribution in [0.15, 0.2) is 0 Å². The molecule has 0 N–H and O–H groups in total. The number of aryl methyl sites for hydroxylation is 2. The van der Waals surface area contributed by atoms with Crippen molar-refractivity contribution in [3.8, 4) is 0 Å². The van der Waals surface area contributed by atoms with Crippen LogP contribution in [0.25, 0.3) is 10.8 Å². The zero-order valence-electron chi connectivity index (χ0n) is 19.7. The Balaban J connectivity index is -0.0000000115. The molecule has 0 saturated carbocycles. The zero-order chi connectivity index (χ0) is 14.4. The van der Waals surface area contributed by atoms with Crippen molar-refractivity contribution in [3.05, 3.63) is 69.4 Å². The van der Waals surface area contributed by atoms with Crippen LogP contribution in [-0.2, 0) is 286 Å². The second-order valence-electron chi connectivity index (χ2n) is 4.69. The molecular weight excluding hydrogens is 1150 g/mol. The predicted molar refractivity (Wildman–Crippen MR) is 86.5 cm³/mol. The maximum Gasteiger partial charge on any atom is 0 e. The average molecular weight is 1170 g/mol. The van der Waals surface area contributed by atoms with Crippen LogP contribution in [0, 0.1) is 72.4 Å². The summed E-state index contributed by atoms with van der Waals surface area (Å²) in [6.45, 7) is 17.2. The molecule has 0 aliphatic carbocycles. The van der Waals surface area contributed by atoms with Gasteiger partial charge >= 0.3 is 0 Å². The first kappa shape index (κ1) is 104. The molecule has 191 valence electrons. The molecule has 1 atom stereocenters. The van der Waals surface area contributed by atoms with Crippen LogP contribution in [0.3, 0.4) is 0 Å². The van der Waals surface area contributed by atoms with E-state index in [1.54, 1.807) is 0 Å². The van der Waals surface area contributed by atoms with Gasteiger partial charge in [0.2, 0.25) is 0 Å². The van der Waals surface area contributed by atoms with Gasteiger partial charge in [-0.3, -0.25) is 11.8 Å². The van der Waals surface area contributed by atoms with Gasteiger partial charge in [-0.1, -0.05) is 13.8 Å². The SMILES string of the molecule is [CH2-]C[C@@H]([CH2-])C.[CH2-]Cc1[c-]c2[c-]c(C)c(C)[c-]c2[c-]n1.[CH3-].[Ir].[V].[V].[V].[V].[V].[V].[V].[V].[V].[V].[V].[V].[V].[V]. The van der Waals surface area contributed by atoms with Gasteiger partial charge in [-0.15, -0.1) is 6.92 Å². The van der Waals surface area contributed by atoms with E-state index in [1.165, 1.54) is 0 Å². The molecule has 16 heteroatoms. The van der Waals surface area contributed by atoms with Gasteiger partial charge in [0, 0.05) is 280 Å². The third kappa shape index (κ3) is 48.6. The van der Waals surface area contributed by atoms with Crippen molar-refractivity contribution in [2.75, 3.05) is 0 Å². The third-order valence-electron chi connectivity index (χ3n) is 2.74. The molecular formula is C19H23IrNV14-8. The summed E-state index contributed by atoms with van der Waals surface area (Å²) in [7, 11) is 0. The fraction of sp³-hybridized carbons (Fsp3) is 0.316. The molecule has 15 radical (unpaired) electrons. The smallest absolute Gasteiger partial charge is 0 e. The second kappa shape index (κ2) is 64.4. The Morgan fingerprint density at radius 2 is 0.943 bits per heavy atom. The Bertz CT molecular complexity index is 566. The van der Waals surface area contributed by atoms with Crippen LogP contribution < -0.4 is 0 Å². The maximum absolute atomic E-state index is 4.10. The molecule has 0 aliphatic rings. The summed E-state index contributed by atoms with van der Waals surface area (Å²) in [5.74, 6) is 0.523. The minimum Gasteiger partial charge on any atom is -0.565 e.